The van der Waals surface area contributed by atoms with Crippen LogP contribution < -0.4 is 5.32 Å². The van der Waals surface area contributed by atoms with Crippen molar-refractivity contribution in [3.05, 3.63) is 29.8 Å². The number of aromatic hydroxyl groups is 1. The molecule has 1 aromatic rings. The van der Waals surface area contributed by atoms with Gasteiger partial charge in [-0.2, -0.15) is 0 Å². The minimum atomic E-state index is 0.00806. The van der Waals surface area contributed by atoms with Crippen LogP contribution in [0.25, 0.3) is 0 Å². The third-order valence-electron chi connectivity index (χ3n) is 3.02. The van der Waals surface area contributed by atoms with E-state index in [0.29, 0.717) is 5.56 Å². The fourth-order valence-electron chi connectivity index (χ4n) is 1.94. The predicted molar refractivity (Wildman–Crippen MR) is 61.5 cm³/mol. The smallest absolute Gasteiger partial charge is 0.253 e. The van der Waals surface area contributed by atoms with E-state index in [1.165, 1.54) is 12.1 Å². The maximum Gasteiger partial charge on any atom is 0.253 e. The molecule has 1 aromatic carbocycles. The minimum absolute atomic E-state index is 0.00806. The van der Waals surface area contributed by atoms with Gasteiger partial charge in [-0.25, -0.2) is 0 Å². The second kappa shape index (κ2) is 4.53. The van der Waals surface area contributed by atoms with Crippen molar-refractivity contribution in [2.24, 2.45) is 0 Å². The first kappa shape index (κ1) is 11.0. The summed E-state index contributed by atoms with van der Waals surface area (Å²) in [6, 6.07) is 6.65. The highest BCUT2D eigenvalue weighted by atomic mass is 16.3. The fraction of sp³-hybridized carbons (Fsp3) is 0.417. The van der Waals surface area contributed by atoms with Gasteiger partial charge in [-0.1, -0.05) is 0 Å². The first-order valence-electron chi connectivity index (χ1n) is 5.45. The number of benzene rings is 1. The van der Waals surface area contributed by atoms with E-state index in [4.69, 9.17) is 5.11 Å². The Morgan fingerprint density at radius 2 is 2.12 bits per heavy atom. The highest BCUT2D eigenvalue weighted by Gasteiger charge is 2.23. The first-order chi connectivity index (χ1) is 7.68. The standard InChI is InChI=1S/C12H16N2O2/c1-14(10-6-7-13-8-10)12(16)9-2-4-11(15)5-3-9/h2-5,10,13,15H,6-8H2,1H3. The van der Waals surface area contributed by atoms with E-state index in [1.54, 1.807) is 17.0 Å². The summed E-state index contributed by atoms with van der Waals surface area (Å²) in [4.78, 5) is 13.8. The zero-order chi connectivity index (χ0) is 11.5. The summed E-state index contributed by atoms with van der Waals surface area (Å²) in [7, 11) is 1.83. The van der Waals surface area contributed by atoms with E-state index < -0.39 is 0 Å². The van der Waals surface area contributed by atoms with Crippen LogP contribution in [0.5, 0.6) is 5.75 Å². The van der Waals surface area contributed by atoms with E-state index in [0.717, 1.165) is 19.5 Å². The molecular weight excluding hydrogens is 204 g/mol. The molecule has 0 aliphatic carbocycles. The second-order valence-corrected chi connectivity index (χ2v) is 4.11. The molecular formula is C12H16N2O2. The number of carbonyl (C=O) groups is 1. The molecule has 1 aliphatic heterocycles. The molecule has 0 bridgehead atoms. The molecule has 1 aliphatic rings. The number of phenols is 1. The SMILES string of the molecule is CN(C(=O)c1ccc(O)cc1)C1CCNC1. The Morgan fingerprint density at radius 3 is 2.69 bits per heavy atom. The monoisotopic (exact) mass is 220 g/mol. The molecule has 0 saturated carbocycles. The van der Waals surface area contributed by atoms with Crippen molar-refractivity contribution in [3.8, 4) is 5.75 Å². The predicted octanol–water partition coefficient (Wildman–Crippen LogP) is 0.826. The number of nitrogens with one attached hydrogen (secondary N) is 1. The van der Waals surface area contributed by atoms with Crippen molar-refractivity contribution in [1.29, 1.82) is 0 Å². The van der Waals surface area contributed by atoms with Gasteiger partial charge in [-0.05, 0) is 37.2 Å². The van der Waals surface area contributed by atoms with E-state index in [9.17, 15) is 4.79 Å². The lowest BCUT2D eigenvalue weighted by molar-refractivity contribution is 0.0744. The molecule has 1 atom stereocenters. The van der Waals surface area contributed by atoms with Gasteiger partial charge in [0.2, 0.25) is 0 Å². The molecule has 2 N–H and O–H groups in total. The molecule has 1 fully saturated rings. The first-order valence-corrected chi connectivity index (χ1v) is 5.45. The molecule has 1 unspecified atom stereocenters. The van der Waals surface area contributed by atoms with Crippen molar-refractivity contribution in [3.63, 3.8) is 0 Å². The minimum Gasteiger partial charge on any atom is -0.508 e. The number of phenolic OH excluding ortho intramolecular Hbond substituents is 1. The Kier molecular flexibility index (Phi) is 3.10. The van der Waals surface area contributed by atoms with Crippen LogP contribution in [0.1, 0.15) is 16.8 Å². The van der Waals surface area contributed by atoms with Gasteiger partial charge in [0.25, 0.3) is 5.91 Å². The summed E-state index contributed by atoms with van der Waals surface area (Å²) in [6.45, 7) is 1.83. The maximum atomic E-state index is 12.1. The summed E-state index contributed by atoms with van der Waals surface area (Å²) in [5.74, 6) is 0.190. The van der Waals surface area contributed by atoms with E-state index in [1.807, 2.05) is 7.05 Å². The van der Waals surface area contributed by atoms with Gasteiger partial charge in [0.1, 0.15) is 5.75 Å². The van der Waals surface area contributed by atoms with Crippen molar-refractivity contribution >= 4 is 5.91 Å². The lowest BCUT2D eigenvalue weighted by atomic mass is 10.1. The van der Waals surface area contributed by atoms with Crippen molar-refractivity contribution in [2.75, 3.05) is 20.1 Å². The van der Waals surface area contributed by atoms with Crippen LogP contribution in [0.3, 0.4) is 0 Å². The number of amides is 1. The fourth-order valence-corrected chi connectivity index (χ4v) is 1.94. The zero-order valence-electron chi connectivity index (χ0n) is 9.31. The second-order valence-electron chi connectivity index (χ2n) is 4.11. The summed E-state index contributed by atoms with van der Waals surface area (Å²) >= 11 is 0. The molecule has 1 amide bonds. The lowest BCUT2D eigenvalue weighted by Crippen LogP contribution is -2.38. The number of hydrogen-bond acceptors (Lipinski definition) is 3. The van der Waals surface area contributed by atoms with E-state index in [-0.39, 0.29) is 17.7 Å². The molecule has 2 rings (SSSR count). The number of rotatable bonds is 2. The van der Waals surface area contributed by atoms with Crippen LogP contribution in [0.2, 0.25) is 0 Å². The molecule has 0 radical (unpaired) electrons. The van der Waals surface area contributed by atoms with Crippen molar-refractivity contribution < 1.29 is 9.90 Å². The zero-order valence-corrected chi connectivity index (χ0v) is 9.31. The Balaban J connectivity index is 2.08. The molecule has 0 aromatic heterocycles. The van der Waals surface area contributed by atoms with Gasteiger partial charge < -0.3 is 15.3 Å². The topological polar surface area (TPSA) is 52.6 Å². The van der Waals surface area contributed by atoms with Crippen molar-refractivity contribution in [1.82, 2.24) is 10.2 Å². The Bertz CT molecular complexity index is 369. The van der Waals surface area contributed by atoms with E-state index >= 15 is 0 Å². The Morgan fingerprint density at radius 1 is 1.44 bits per heavy atom. The third-order valence-corrected chi connectivity index (χ3v) is 3.02. The van der Waals surface area contributed by atoms with Gasteiger partial charge in [-0.3, -0.25) is 4.79 Å². The molecule has 86 valence electrons. The quantitative estimate of drug-likeness (QED) is 0.776. The highest BCUT2D eigenvalue weighted by Crippen LogP contribution is 2.14. The van der Waals surface area contributed by atoms with Crippen LogP contribution >= 0.6 is 0 Å². The van der Waals surface area contributed by atoms with Gasteiger partial charge in [0, 0.05) is 25.2 Å². The Hall–Kier alpha value is -1.55. The molecule has 4 nitrogen and oxygen atoms in total. The third kappa shape index (κ3) is 2.17. The average molecular weight is 220 g/mol. The number of likely N-dealkylation sites (N-methyl/N-ethyl adjacent to an activating group) is 1. The van der Waals surface area contributed by atoms with Gasteiger partial charge in [0.15, 0.2) is 0 Å². The van der Waals surface area contributed by atoms with Gasteiger partial charge >= 0.3 is 0 Å². The van der Waals surface area contributed by atoms with Crippen LogP contribution in [-0.4, -0.2) is 42.1 Å². The maximum absolute atomic E-state index is 12.1. The van der Waals surface area contributed by atoms with Gasteiger partial charge in [-0.15, -0.1) is 0 Å². The molecule has 0 spiro atoms. The highest BCUT2D eigenvalue weighted by molar-refractivity contribution is 5.94. The van der Waals surface area contributed by atoms with E-state index in [2.05, 4.69) is 5.32 Å². The average Bonchev–Trinajstić information content (AvgIpc) is 2.81. The number of nitrogens with zero attached hydrogens (tertiary/aromatic N) is 1. The Labute approximate surface area is 94.9 Å². The van der Waals surface area contributed by atoms with Crippen LogP contribution in [-0.2, 0) is 0 Å². The van der Waals surface area contributed by atoms with Gasteiger partial charge in [0.05, 0.1) is 0 Å². The largest absolute Gasteiger partial charge is 0.508 e. The molecule has 1 saturated heterocycles. The van der Waals surface area contributed by atoms with Crippen LogP contribution in [0, 0.1) is 0 Å². The molecule has 1 heterocycles. The summed E-state index contributed by atoms with van der Waals surface area (Å²) in [5.41, 5.74) is 0.618. The van der Waals surface area contributed by atoms with Crippen molar-refractivity contribution in [2.45, 2.75) is 12.5 Å². The summed E-state index contributed by atoms with van der Waals surface area (Å²) in [6.07, 6.45) is 1.00. The summed E-state index contributed by atoms with van der Waals surface area (Å²) < 4.78 is 0. The summed E-state index contributed by atoms with van der Waals surface area (Å²) in [5, 5.41) is 12.4. The van der Waals surface area contributed by atoms with Crippen LogP contribution in [0.4, 0.5) is 0 Å². The molecule has 16 heavy (non-hydrogen) atoms. The normalized spacial score (nSPS) is 19.7. The number of hydrogen-bond donors (Lipinski definition) is 2. The lowest BCUT2D eigenvalue weighted by Gasteiger charge is -2.23. The number of carbonyl (C=O) groups excluding carboxylic acids is 1. The van der Waals surface area contributed by atoms with Crippen LogP contribution in [0.15, 0.2) is 24.3 Å². The molecule has 4 heteroatoms.